The smallest absolute Gasteiger partial charge is 0.323 e. The zero-order valence-electron chi connectivity index (χ0n) is 12.6. The van der Waals surface area contributed by atoms with Gasteiger partial charge in [-0.15, -0.1) is 11.8 Å². The number of likely N-dealkylation sites (tertiary alicyclic amines) is 1. The lowest BCUT2D eigenvalue weighted by atomic mass is 10.1. The minimum absolute atomic E-state index is 0.204. The SMILES string of the molecule is O=C(O)CN1C(=O)C(C(=O)N2CCCCC2)Sc2ccccc21. The number of carbonyl (C=O) groups excluding carboxylic acids is 2. The fourth-order valence-corrected chi connectivity index (χ4v) is 4.14. The van der Waals surface area contributed by atoms with E-state index in [1.807, 2.05) is 12.1 Å². The quantitative estimate of drug-likeness (QED) is 0.850. The van der Waals surface area contributed by atoms with E-state index in [-0.39, 0.29) is 5.91 Å². The highest BCUT2D eigenvalue weighted by atomic mass is 32.2. The molecule has 2 amide bonds. The number of hydrogen-bond donors (Lipinski definition) is 1. The van der Waals surface area contributed by atoms with Crippen molar-refractivity contribution in [2.24, 2.45) is 0 Å². The fraction of sp³-hybridized carbons (Fsp3) is 0.438. The van der Waals surface area contributed by atoms with Crippen LogP contribution in [0.2, 0.25) is 0 Å². The third-order valence-corrected chi connectivity index (χ3v) is 5.31. The molecule has 1 unspecified atom stereocenters. The summed E-state index contributed by atoms with van der Waals surface area (Å²) in [6, 6.07) is 7.11. The number of carboxylic acid groups (broad SMARTS) is 1. The highest BCUT2D eigenvalue weighted by Crippen LogP contribution is 2.39. The molecule has 0 bridgehead atoms. The number of thioether (sulfide) groups is 1. The number of aliphatic carboxylic acids is 1. The second-order valence-corrected chi connectivity index (χ2v) is 6.82. The highest BCUT2D eigenvalue weighted by Gasteiger charge is 2.40. The lowest BCUT2D eigenvalue weighted by Gasteiger charge is -2.35. The van der Waals surface area contributed by atoms with Gasteiger partial charge in [0.05, 0.1) is 5.69 Å². The van der Waals surface area contributed by atoms with E-state index in [1.54, 1.807) is 17.0 Å². The van der Waals surface area contributed by atoms with Crippen LogP contribution in [0.1, 0.15) is 19.3 Å². The van der Waals surface area contributed by atoms with Gasteiger partial charge in [0.1, 0.15) is 6.54 Å². The number of carbonyl (C=O) groups is 3. The maximum Gasteiger partial charge on any atom is 0.323 e. The Morgan fingerprint density at radius 3 is 2.57 bits per heavy atom. The van der Waals surface area contributed by atoms with E-state index < -0.39 is 23.7 Å². The topological polar surface area (TPSA) is 77.9 Å². The van der Waals surface area contributed by atoms with Crippen molar-refractivity contribution in [1.82, 2.24) is 4.90 Å². The molecule has 1 saturated heterocycles. The molecule has 0 aliphatic carbocycles. The van der Waals surface area contributed by atoms with E-state index in [1.165, 1.54) is 16.7 Å². The molecule has 2 aliphatic heterocycles. The van der Waals surface area contributed by atoms with Gasteiger partial charge in [-0.2, -0.15) is 0 Å². The van der Waals surface area contributed by atoms with Gasteiger partial charge in [0.25, 0.3) is 5.91 Å². The van der Waals surface area contributed by atoms with Crippen LogP contribution in [0.4, 0.5) is 5.69 Å². The molecule has 0 saturated carbocycles. The van der Waals surface area contributed by atoms with Gasteiger partial charge in [-0.1, -0.05) is 12.1 Å². The Hall–Kier alpha value is -2.02. The Bertz CT molecular complexity index is 643. The summed E-state index contributed by atoms with van der Waals surface area (Å²) >= 11 is 1.22. The van der Waals surface area contributed by atoms with E-state index in [0.717, 1.165) is 24.2 Å². The number of piperidine rings is 1. The van der Waals surface area contributed by atoms with Gasteiger partial charge >= 0.3 is 5.97 Å². The molecule has 1 aromatic rings. The van der Waals surface area contributed by atoms with Crippen molar-refractivity contribution in [2.45, 2.75) is 29.4 Å². The number of rotatable bonds is 3. The van der Waals surface area contributed by atoms with Gasteiger partial charge in [0.15, 0.2) is 5.25 Å². The lowest BCUT2D eigenvalue weighted by molar-refractivity contribution is -0.139. The van der Waals surface area contributed by atoms with Crippen molar-refractivity contribution in [2.75, 3.05) is 24.5 Å². The summed E-state index contributed by atoms with van der Waals surface area (Å²) in [6.45, 7) is 0.910. The largest absolute Gasteiger partial charge is 0.480 e. The summed E-state index contributed by atoms with van der Waals surface area (Å²) in [7, 11) is 0. The third-order valence-electron chi connectivity index (χ3n) is 4.08. The van der Waals surface area contributed by atoms with E-state index in [0.29, 0.717) is 18.8 Å². The summed E-state index contributed by atoms with van der Waals surface area (Å²) in [6.07, 6.45) is 3.00. The van der Waals surface area contributed by atoms with Gasteiger partial charge in [0.2, 0.25) is 5.91 Å². The molecule has 2 heterocycles. The lowest BCUT2D eigenvalue weighted by Crippen LogP contribution is -2.51. The van der Waals surface area contributed by atoms with Crippen molar-refractivity contribution < 1.29 is 19.5 Å². The van der Waals surface area contributed by atoms with Gasteiger partial charge in [-0.25, -0.2) is 0 Å². The average Bonchev–Trinajstić information content (AvgIpc) is 2.57. The van der Waals surface area contributed by atoms with Crippen LogP contribution < -0.4 is 4.90 Å². The Balaban J connectivity index is 1.89. The highest BCUT2D eigenvalue weighted by molar-refractivity contribution is 8.01. The van der Waals surface area contributed by atoms with Crippen molar-refractivity contribution >= 4 is 35.2 Å². The number of fused-ring (bicyclic) bond motifs is 1. The Morgan fingerprint density at radius 2 is 1.87 bits per heavy atom. The molecule has 6 nitrogen and oxygen atoms in total. The van der Waals surface area contributed by atoms with E-state index in [2.05, 4.69) is 0 Å². The van der Waals surface area contributed by atoms with Gasteiger partial charge in [-0.3, -0.25) is 19.3 Å². The van der Waals surface area contributed by atoms with Crippen LogP contribution in [0.3, 0.4) is 0 Å². The first kappa shape index (κ1) is 15.9. The minimum atomic E-state index is -1.09. The summed E-state index contributed by atoms with van der Waals surface area (Å²) in [5, 5.41) is 8.20. The Morgan fingerprint density at radius 1 is 1.17 bits per heavy atom. The molecule has 2 aliphatic rings. The second-order valence-electron chi connectivity index (χ2n) is 5.67. The predicted molar refractivity (Wildman–Crippen MR) is 86.5 cm³/mol. The van der Waals surface area contributed by atoms with Crippen LogP contribution >= 0.6 is 11.8 Å². The minimum Gasteiger partial charge on any atom is -0.480 e. The number of benzene rings is 1. The molecule has 1 fully saturated rings. The number of carboxylic acids is 1. The maximum atomic E-state index is 12.7. The molecule has 0 spiro atoms. The molecular weight excluding hydrogens is 316 g/mol. The fourth-order valence-electron chi connectivity index (χ4n) is 2.95. The van der Waals surface area contributed by atoms with Crippen LogP contribution in [0.25, 0.3) is 0 Å². The molecule has 3 rings (SSSR count). The van der Waals surface area contributed by atoms with Crippen LogP contribution in [0.15, 0.2) is 29.2 Å². The second kappa shape index (κ2) is 6.62. The van der Waals surface area contributed by atoms with E-state index >= 15 is 0 Å². The first-order valence-electron chi connectivity index (χ1n) is 7.65. The Kier molecular flexibility index (Phi) is 4.56. The van der Waals surface area contributed by atoms with E-state index in [9.17, 15) is 14.4 Å². The van der Waals surface area contributed by atoms with Gasteiger partial charge in [-0.05, 0) is 31.4 Å². The third kappa shape index (κ3) is 3.19. The van der Waals surface area contributed by atoms with Crippen LogP contribution in [0, 0.1) is 0 Å². The first-order chi connectivity index (χ1) is 11.1. The normalized spacial score (nSPS) is 21.0. The predicted octanol–water partition coefficient (Wildman–Crippen LogP) is 1.59. The van der Waals surface area contributed by atoms with E-state index in [4.69, 9.17) is 5.11 Å². The number of amides is 2. The number of anilines is 1. The molecular formula is C16H18N2O4S. The number of para-hydroxylation sites is 1. The first-order valence-corrected chi connectivity index (χ1v) is 8.53. The standard InChI is InChI=1S/C16H18N2O4S/c19-13(20)10-18-11-6-2-3-7-12(11)23-14(16(18)22)15(21)17-8-4-1-5-9-17/h2-3,6-7,14H,1,4-5,8-10H2,(H,19,20). The summed E-state index contributed by atoms with van der Waals surface area (Å²) < 4.78 is 0. The summed E-state index contributed by atoms with van der Waals surface area (Å²) in [5.74, 6) is -1.74. The Labute approximate surface area is 138 Å². The number of hydrogen-bond acceptors (Lipinski definition) is 4. The molecule has 1 N–H and O–H groups in total. The zero-order valence-corrected chi connectivity index (χ0v) is 13.4. The van der Waals surface area contributed by atoms with Crippen molar-refractivity contribution in [3.8, 4) is 0 Å². The van der Waals surface area contributed by atoms with Gasteiger partial charge in [0, 0.05) is 18.0 Å². The molecule has 0 radical (unpaired) electrons. The summed E-state index contributed by atoms with van der Waals surface area (Å²) in [4.78, 5) is 40.2. The maximum absolute atomic E-state index is 12.7. The van der Waals surface area contributed by atoms with Crippen LogP contribution in [-0.4, -0.2) is 52.7 Å². The van der Waals surface area contributed by atoms with Crippen LogP contribution in [0.5, 0.6) is 0 Å². The summed E-state index contributed by atoms with van der Waals surface area (Å²) in [5.41, 5.74) is 0.563. The molecule has 23 heavy (non-hydrogen) atoms. The molecule has 1 aromatic carbocycles. The van der Waals surface area contributed by atoms with Crippen molar-refractivity contribution in [1.29, 1.82) is 0 Å². The molecule has 122 valence electrons. The van der Waals surface area contributed by atoms with Gasteiger partial charge < -0.3 is 10.0 Å². The van der Waals surface area contributed by atoms with Crippen molar-refractivity contribution in [3.63, 3.8) is 0 Å². The van der Waals surface area contributed by atoms with Crippen LogP contribution in [-0.2, 0) is 14.4 Å². The molecule has 1 atom stereocenters. The monoisotopic (exact) mass is 334 g/mol. The molecule has 7 heteroatoms. The average molecular weight is 334 g/mol. The van der Waals surface area contributed by atoms with Crippen molar-refractivity contribution in [3.05, 3.63) is 24.3 Å². The zero-order chi connectivity index (χ0) is 16.4. The number of nitrogens with zero attached hydrogens (tertiary/aromatic N) is 2. The molecule has 0 aromatic heterocycles.